The van der Waals surface area contributed by atoms with Crippen molar-refractivity contribution in [2.24, 2.45) is 0 Å². The standard InChI is InChI=1S/C18H26N4O4S/c1-20(2)18(24)13-21-8-3-9-22(11-10-21)27(25,26)15-5-6-16-14(12-15)4-7-17(23)19-16/h5-6,12H,3-4,7-11,13H2,1-2H3,(H,19,23). The number of carbonyl (C=O) groups is 2. The molecule has 1 aromatic carbocycles. The molecule has 1 N–H and O–H groups in total. The zero-order chi connectivity index (χ0) is 19.6. The molecule has 2 aliphatic heterocycles. The quantitative estimate of drug-likeness (QED) is 0.796. The van der Waals surface area contributed by atoms with E-state index in [2.05, 4.69) is 5.32 Å². The summed E-state index contributed by atoms with van der Waals surface area (Å²) in [5.41, 5.74) is 1.54. The molecule has 1 fully saturated rings. The Bertz CT molecular complexity index is 838. The number of anilines is 1. The van der Waals surface area contributed by atoms with E-state index in [0.717, 1.165) is 5.56 Å². The normalized spacial score (nSPS) is 19.1. The molecule has 148 valence electrons. The molecular weight excluding hydrogens is 368 g/mol. The second-order valence-corrected chi connectivity index (χ2v) is 9.13. The van der Waals surface area contributed by atoms with Gasteiger partial charge in [-0.15, -0.1) is 0 Å². The van der Waals surface area contributed by atoms with Gasteiger partial charge in [-0.25, -0.2) is 8.42 Å². The van der Waals surface area contributed by atoms with Crippen LogP contribution in [0.3, 0.4) is 0 Å². The van der Waals surface area contributed by atoms with Crippen LogP contribution < -0.4 is 5.32 Å². The van der Waals surface area contributed by atoms with Crippen LogP contribution >= 0.6 is 0 Å². The summed E-state index contributed by atoms with van der Waals surface area (Å²) in [6, 6.07) is 4.89. The van der Waals surface area contributed by atoms with Gasteiger partial charge in [-0.1, -0.05) is 0 Å². The Balaban J connectivity index is 1.72. The van der Waals surface area contributed by atoms with Gasteiger partial charge in [0.05, 0.1) is 11.4 Å². The number of hydrogen-bond donors (Lipinski definition) is 1. The van der Waals surface area contributed by atoms with Crippen LogP contribution in [0.1, 0.15) is 18.4 Å². The van der Waals surface area contributed by atoms with Gasteiger partial charge in [-0.2, -0.15) is 4.31 Å². The first-order valence-corrected chi connectivity index (χ1v) is 10.6. The lowest BCUT2D eigenvalue weighted by atomic mass is 10.0. The molecule has 1 aromatic rings. The molecule has 0 saturated carbocycles. The van der Waals surface area contributed by atoms with Gasteiger partial charge in [0.25, 0.3) is 0 Å². The summed E-state index contributed by atoms with van der Waals surface area (Å²) in [6.07, 6.45) is 1.60. The van der Waals surface area contributed by atoms with E-state index in [-0.39, 0.29) is 16.7 Å². The van der Waals surface area contributed by atoms with Crippen molar-refractivity contribution in [3.05, 3.63) is 23.8 Å². The van der Waals surface area contributed by atoms with E-state index in [4.69, 9.17) is 0 Å². The van der Waals surface area contributed by atoms with Crippen LogP contribution in [-0.4, -0.2) is 81.2 Å². The second kappa shape index (κ2) is 7.95. The lowest BCUT2D eigenvalue weighted by Crippen LogP contribution is -2.39. The molecule has 0 atom stereocenters. The molecular formula is C18H26N4O4S. The molecule has 27 heavy (non-hydrogen) atoms. The molecule has 0 bridgehead atoms. The van der Waals surface area contributed by atoms with Crippen molar-refractivity contribution in [3.63, 3.8) is 0 Å². The minimum absolute atomic E-state index is 0.0167. The number of amides is 2. The lowest BCUT2D eigenvalue weighted by molar-refractivity contribution is -0.129. The molecule has 0 radical (unpaired) electrons. The third kappa shape index (κ3) is 4.48. The van der Waals surface area contributed by atoms with E-state index in [1.807, 2.05) is 4.90 Å². The third-order valence-corrected chi connectivity index (χ3v) is 6.91. The van der Waals surface area contributed by atoms with E-state index >= 15 is 0 Å². The van der Waals surface area contributed by atoms with Crippen molar-refractivity contribution in [2.75, 3.05) is 52.1 Å². The highest BCUT2D eigenvalue weighted by molar-refractivity contribution is 7.89. The maximum absolute atomic E-state index is 13.1. The molecule has 0 unspecified atom stereocenters. The van der Waals surface area contributed by atoms with Crippen molar-refractivity contribution in [3.8, 4) is 0 Å². The van der Waals surface area contributed by atoms with Crippen LogP contribution in [-0.2, 0) is 26.0 Å². The van der Waals surface area contributed by atoms with E-state index in [9.17, 15) is 18.0 Å². The van der Waals surface area contributed by atoms with Gasteiger partial charge < -0.3 is 10.2 Å². The van der Waals surface area contributed by atoms with Gasteiger partial charge in [0.1, 0.15) is 0 Å². The molecule has 0 aliphatic carbocycles. The van der Waals surface area contributed by atoms with Crippen LogP contribution in [0, 0.1) is 0 Å². The highest BCUT2D eigenvalue weighted by atomic mass is 32.2. The molecule has 3 rings (SSSR count). The summed E-state index contributed by atoms with van der Waals surface area (Å²) >= 11 is 0. The topological polar surface area (TPSA) is 90.0 Å². The molecule has 2 aliphatic rings. The summed E-state index contributed by atoms with van der Waals surface area (Å²) in [4.78, 5) is 27.2. The Hall–Kier alpha value is -1.97. The van der Waals surface area contributed by atoms with Crippen LogP contribution in [0.15, 0.2) is 23.1 Å². The first-order chi connectivity index (χ1) is 12.8. The molecule has 1 saturated heterocycles. The first kappa shape index (κ1) is 19.8. The Morgan fingerprint density at radius 1 is 1.15 bits per heavy atom. The van der Waals surface area contributed by atoms with Crippen LogP contribution in [0.25, 0.3) is 0 Å². The smallest absolute Gasteiger partial charge is 0.243 e. The average Bonchev–Trinajstić information content (AvgIpc) is 2.87. The maximum atomic E-state index is 13.1. The third-order valence-electron chi connectivity index (χ3n) is 5.02. The Morgan fingerprint density at radius 2 is 1.93 bits per heavy atom. The molecule has 9 heteroatoms. The number of carbonyl (C=O) groups excluding carboxylic acids is 2. The van der Waals surface area contributed by atoms with Gasteiger partial charge >= 0.3 is 0 Å². The average molecular weight is 394 g/mol. The van der Waals surface area contributed by atoms with Crippen molar-refractivity contribution < 1.29 is 18.0 Å². The number of sulfonamides is 1. The first-order valence-electron chi connectivity index (χ1n) is 9.13. The summed E-state index contributed by atoms with van der Waals surface area (Å²) < 4.78 is 27.6. The van der Waals surface area contributed by atoms with Crippen LogP contribution in [0.2, 0.25) is 0 Å². The number of benzene rings is 1. The summed E-state index contributed by atoms with van der Waals surface area (Å²) in [7, 11) is -0.167. The summed E-state index contributed by atoms with van der Waals surface area (Å²) in [6.45, 7) is 2.32. The summed E-state index contributed by atoms with van der Waals surface area (Å²) in [5.74, 6) is -0.0268. The second-order valence-electron chi connectivity index (χ2n) is 7.19. The number of rotatable bonds is 4. The van der Waals surface area contributed by atoms with Crippen molar-refractivity contribution in [1.82, 2.24) is 14.1 Å². The van der Waals surface area contributed by atoms with E-state index in [1.165, 1.54) is 4.31 Å². The minimum Gasteiger partial charge on any atom is -0.348 e. The predicted octanol–water partition coefficient (Wildman–Crippen LogP) is 0.356. The Labute approximate surface area is 160 Å². The Kier molecular flexibility index (Phi) is 5.83. The largest absolute Gasteiger partial charge is 0.348 e. The number of nitrogens with zero attached hydrogens (tertiary/aromatic N) is 3. The number of nitrogens with one attached hydrogen (secondary N) is 1. The molecule has 2 heterocycles. The van der Waals surface area contributed by atoms with Crippen molar-refractivity contribution in [1.29, 1.82) is 0 Å². The summed E-state index contributed by atoms with van der Waals surface area (Å²) in [5, 5.41) is 2.77. The molecule has 0 aromatic heterocycles. The zero-order valence-corrected chi connectivity index (χ0v) is 16.6. The number of hydrogen-bond acceptors (Lipinski definition) is 5. The number of fused-ring (bicyclic) bond motifs is 1. The van der Waals surface area contributed by atoms with Crippen molar-refractivity contribution >= 4 is 27.5 Å². The highest BCUT2D eigenvalue weighted by Gasteiger charge is 2.28. The van der Waals surface area contributed by atoms with Gasteiger partial charge in [-0.05, 0) is 43.1 Å². The monoisotopic (exact) mass is 394 g/mol. The SMILES string of the molecule is CN(C)C(=O)CN1CCCN(S(=O)(=O)c2ccc3c(c2)CCC(=O)N3)CC1. The minimum atomic E-state index is -3.60. The van der Waals surface area contributed by atoms with Gasteiger partial charge in [-0.3, -0.25) is 14.5 Å². The zero-order valence-electron chi connectivity index (χ0n) is 15.8. The van der Waals surface area contributed by atoms with Gasteiger partial charge in [0, 0.05) is 45.8 Å². The number of likely N-dealkylation sites (N-methyl/N-ethyl adjacent to an activating group) is 1. The lowest BCUT2D eigenvalue weighted by Gasteiger charge is -2.23. The van der Waals surface area contributed by atoms with Crippen LogP contribution in [0.5, 0.6) is 0 Å². The van der Waals surface area contributed by atoms with Crippen molar-refractivity contribution in [2.45, 2.75) is 24.2 Å². The van der Waals surface area contributed by atoms with Gasteiger partial charge in [0.2, 0.25) is 21.8 Å². The maximum Gasteiger partial charge on any atom is 0.243 e. The number of aryl methyl sites for hydroxylation is 1. The van der Waals surface area contributed by atoms with E-state index < -0.39 is 10.0 Å². The molecule has 2 amide bonds. The van der Waals surface area contributed by atoms with Crippen LogP contribution in [0.4, 0.5) is 5.69 Å². The molecule has 8 nitrogen and oxygen atoms in total. The van der Waals surface area contributed by atoms with E-state index in [0.29, 0.717) is 57.7 Å². The van der Waals surface area contributed by atoms with E-state index in [1.54, 1.807) is 37.2 Å². The Morgan fingerprint density at radius 3 is 2.67 bits per heavy atom. The molecule has 0 spiro atoms. The fourth-order valence-corrected chi connectivity index (χ4v) is 4.87. The predicted molar refractivity (Wildman–Crippen MR) is 102 cm³/mol. The van der Waals surface area contributed by atoms with Gasteiger partial charge in [0.15, 0.2) is 0 Å². The fourth-order valence-electron chi connectivity index (χ4n) is 3.35. The highest BCUT2D eigenvalue weighted by Crippen LogP contribution is 2.27. The fraction of sp³-hybridized carbons (Fsp3) is 0.556.